The Labute approximate surface area is 369 Å². The fraction of sp³-hybridized carbons (Fsp3) is 0.729. The highest BCUT2D eigenvalue weighted by Crippen LogP contribution is 2.26. The Morgan fingerprint density at radius 1 is 0.639 bits per heavy atom. The smallest absolute Gasteiger partial charge is 0.397 e. The monoisotopic (exact) mass is 883 g/mol. The van der Waals surface area contributed by atoms with Crippen LogP contribution in [-0.2, 0) is 38.3 Å². The molecule has 0 radical (unpaired) electrons. The van der Waals surface area contributed by atoms with Crippen LogP contribution in [0.25, 0.3) is 0 Å². The molecule has 1 aliphatic rings. The molecule has 1 fully saturated rings. The average Bonchev–Trinajstić information content (AvgIpc) is 3.23. The second-order valence-corrected chi connectivity index (χ2v) is 16.7. The van der Waals surface area contributed by atoms with E-state index in [1.54, 1.807) is 0 Å². The number of carbonyl (C=O) groups excluding carboxylic acids is 1. The molecule has 61 heavy (non-hydrogen) atoms. The van der Waals surface area contributed by atoms with E-state index in [2.05, 4.69) is 90.9 Å². The zero-order valence-corrected chi connectivity index (χ0v) is 38.3. The first-order valence-corrected chi connectivity index (χ1v) is 24.6. The number of aliphatic hydroxyl groups excluding tert-OH is 3. The van der Waals surface area contributed by atoms with Gasteiger partial charge in [0, 0.05) is 13.0 Å². The quantitative estimate of drug-likeness (QED) is 0.0199. The second-order valence-electron chi connectivity index (χ2n) is 15.6. The van der Waals surface area contributed by atoms with Gasteiger partial charge in [-0.15, -0.1) is 0 Å². The zero-order valence-electron chi connectivity index (χ0n) is 37.4. The molecule has 1 heterocycles. The first-order chi connectivity index (χ1) is 29.6. The van der Waals surface area contributed by atoms with E-state index in [9.17, 15) is 28.5 Å². The predicted molar refractivity (Wildman–Crippen MR) is 243 cm³/mol. The highest BCUT2D eigenvalue weighted by molar-refractivity contribution is 7.80. The number of esters is 1. The Kier molecular flexibility index (Phi) is 36.3. The molecule has 0 amide bonds. The van der Waals surface area contributed by atoms with Crippen LogP contribution in [0, 0.1) is 0 Å². The first-order valence-electron chi connectivity index (χ1n) is 23.2. The molecule has 0 aromatic carbocycles. The van der Waals surface area contributed by atoms with Crippen molar-refractivity contribution in [3.8, 4) is 0 Å². The number of hydrogen-bond donors (Lipinski definition) is 4. The summed E-state index contributed by atoms with van der Waals surface area (Å²) in [6.07, 6.45) is 40.7. The maximum atomic E-state index is 12.8. The van der Waals surface area contributed by atoms with Crippen LogP contribution in [-0.4, -0.2) is 97.5 Å². The summed E-state index contributed by atoms with van der Waals surface area (Å²) >= 11 is 0. The van der Waals surface area contributed by atoms with Gasteiger partial charge in [-0.2, -0.15) is 8.42 Å². The third kappa shape index (κ3) is 32.8. The van der Waals surface area contributed by atoms with Crippen molar-refractivity contribution >= 4 is 16.4 Å². The molecular weight excluding hydrogens is 801 g/mol. The number of allylic oxidation sites excluding steroid dienone is 12. The molecule has 1 saturated heterocycles. The summed E-state index contributed by atoms with van der Waals surface area (Å²) in [6, 6.07) is 0. The van der Waals surface area contributed by atoms with Crippen LogP contribution >= 0.6 is 0 Å². The molecule has 0 spiro atoms. The summed E-state index contributed by atoms with van der Waals surface area (Å²) in [5.74, 6) is -0.421. The summed E-state index contributed by atoms with van der Waals surface area (Å²) in [6.45, 7) is 3.78. The van der Waals surface area contributed by atoms with Gasteiger partial charge in [-0.3, -0.25) is 9.35 Å². The van der Waals surface area contributed by atoms with Gasteiger partial charge >= 0.3 is 16.4 Å². The fourth-order valence-electron chi connectivity index (χ4n) is 6.57. The second kappa shape index (κ2) is 39.2. The minimum absolute atomic E-state index is 0.0118. The summed E-state index contributed by atoms with van der Waals surface area (Å²) in [5.41, 5.74) is 0. The van der Waals surface area contributed by atoms with Gasteiger partial charge in [0.15, 0.2) is 6.29 Å². The predicted octanol–water partition coefficient (Wildman–Crippen LogP) is 9.91. The zero-order chi connectivity index (χ0) is 44.7. The van der Waals surface area contributed by atoms with Crippen LogP contribution in [0.4, 0.5) is 0 Å². The molecule has 13 heteroatoms. The van der Waals surface area contributed by atoms with Crippen LogP contribution in [0.1, 0.15) is 162 Å². The molecule has 6 atom stereocenters. The van der Waals surface area contributed by atoms with Gasteiger partial charge in [0.1, 0.15) is 30.5 Å². The Bertz CT molecular complexity index is 1340. The van der Waals surface area contributed by atoms with Crippen molar-refractivity contribution < 1.29 is 56.2 Å². The molecule has 0 bridgehead atoms. The van der Waals surface area contributed by atoms with E-state index in [0.29, 0.717) is 13.0 Å². The molecular formula is C48H82O12S. The van der Waals surface area contributed by atoms with Crippen LogP contribution in [0.3, 0.4) is 0 Å². The van der Waals surface area contributed by atoms with Gasteiger partial charge in [-0.25, -0.2) is 4.18 Å². The van der Waals surface area contributed by atoms with Gasteiger partial charge in [0.25, 0.3) is 0 Å². The van der Waals surface area contributed by atoms with Crippen LogP contribution in [0.2, 0.25) is 0 Å². The highest BCUT2D eigenvalue weighted by atomic mass is 32.3. The normalized spacial score (nSPS) is 20.8. The number of unbranched alkanes of at least 4 members (excludes halogenated alkanes) is 14. The van der Waals surface area contributed by atoms with Gasteiger partial charge < -0.3 is 34.3 Å². The Morgan fingerprint density at radius 3 is 1.67 bits per heavy atom. The number of rotatable bonds is 39. The first kappa shape index (κ1) is 56.6. The van der Waals surface area contributed by atoms with Gasteiger partial charge in [0.2, 0.25) is 0 Å². The number of carbonyl (C=O) groups is 1. The summed E-state index contributed by atoms with van der Waals surface area (Å²) in [4.78, 5) is 12.8. The van der Waals surface area contributed by atoms with Crippen molar-refractivity contribution in [2.75, 3.05) is 26.4 Å². The highest BCUT2D eigenvalue weighted by Gasteiger charge is 2.48. The molecule has 352 valence electrons. The number of hydrogen-bond acceptors (Lipinski definition) is 11. The fourth-order valence-corrected chi connectivity index (χ4v) is 7.08. The standard InChI is InChI=1S/C48H82O12S/c1-3-5-7-9-11-13-15-17-19-20-21-22-23-24-26-28-30-32-34-36-38-56-40-42(41-57-48-46(52)47(60-61(53,54)55)45(51)43(39-49)59-48)58-44(50)37-35-33-31-29-27-25-18-16-14-12-10-8-6-4-2/h5,7,11,13,16-19,21-22,24,26,42-43,45-49,51-52H,3-4,6,8-10,12,14-15,20,23,25,27-41H2,1-2H3,(H,53,54,55)/b7-5-,13-11-,18-16-,19-17-,22-21-,26-24-. The topological polar surface area (TPSA) is 178 Å². The molecule has 1 rings (SSSR count). The van der Waals surface area contributed by atoms with E-state index in [-0.39, 0.29) is 19.6 Å². The van der Waals surface area contributed by atoms with E-state index in [1.807, 2.05) is 0 Å². The molecule has 0 aromatic rings. The lowest BCUT2D eigenvalue weighted by Gasteiger charge is -2.41. The average molecular weight is 883 g/mol. The number of aliphatic hydroxyl groups is 3. The van der Waals surface area contributed by atoms with Crippen molar-refractivity contribution in [1.82, 2.24) is 0 Å². The lowest BCUT2D eigenvalue weighted by Crippen LogP contribution is -2.60. The maximum Gasteiger partial charge on any atom is 0.397 e. The SMILES string of the molecule is CC/C=C\C/C=C\C/C=C\C/C=C\C/C=C\CCCCCCOCC(COC1OC(CO)C(O)C(OS(=O)(=O)O)C1O)OC(=O)CCCCCCC/C=C\CCCCCCC. The minimum Gasteiger partial charge on any atom is -0.457 e. The van der Waals surface area contributed by atoms with E-state index in [0.717, 1.165) is 103 Å². The molecule has 0 aliphatic carbocycles. The Morgan fingerprint density at radius 2 is 1.13 bits per heavy atom. The van der Waals surface area contributed by atoms with Crippen molar-refractivity contribution in [3.05, 3.63) is 72.9 Å². The lowest BCUT2D eigenvalue weighted by molar-refractivity contribution is -0.301. The Hall–Kier alpha value is -2.46. The Balaban J connectivity index is 2.45. The molecule has 12 nitrogen and oxygen atoms in total. The van der Waals surface area contributed by atoms with Crippen LogP contribution < -0.4 is 0 Å². The largest absolute Gasteiger partial charge is 0.457 e. The molecule has 1 aliphatic heterocycles. The molecule has 0 saturated carbocycles. The van der Waals surface area contributed by atoms with E-state index < -0.39 is 59.8 Å². The lowest BCUT2D eigenvalue weighted by atomic mass is 9.99. The van der Waals surface area contributed by atoms with Crippen LogP contribution in [0.5, 0.6) is 0 Å². The summed E-state index contributed by atoms with van der Waals surface area (Å²) < 4.78 is 59.0. The molecule has 0 aromatic heterocycles. The minimum atomic E-state index is -5.07. The van der Waals surface area contributed by atoms with Gasteiger partial charge in [-0.05, 0) is 83.5 Å². The molecule has 4 N–H and O–H groups in total. The van der Waals surface area contributed by atoms with Gasteiger partial charge in [0.05, 0.1) is 19.8 Å². The van der Waals surface area contributed by atoms with E-state index in [4.69, 9.17) is 23.5 Å². The van der Waals surface area contributed by atoms with Gasteiger partial charge in [-0.1, -0.05) is 145 Å². The van der Waals surface area contributed by atoms with E-state index >= 15 is 0 Å². The third-order valence-corrected chi connectivity index (χ3v) is 10.5. The summed E-state index contributed by atoms with van der Waals surface area (Å²) in [7, 11) is -5.07. The van der Waals surface area contributed by atoms with Crippen LogP contribution in [0.15, 0.2) is 72.9 Å². The molecule has 6 unspecified atom stereocenters. The summed E-state index contributed by atoms with van der Waals surface area (Å²) in [5, 5.41) is 30.7. The van der Waals surface area contributed by atoms with Crippen molar-refractivity contribution in [3.63, 3.8) is 0 Å². The van der Waals surface area contributed by atoms with Crippen molar-refractivity contribution in [1.29, 1.82) is 0 Å². The van der Waals surface area contributed by atoms with Crippen molar-refractivity contribution in [2.24, 2.45) is 0 Å². The third-order valence-electron chi connectivity index (χ3n) is 10.1. The number of ether oxygens (including phenoxy) is 4. The maximum absolute atomic E-state index is 12.8. The van der Waals surface area contributed by atoms with E-state index in [1.165, 1.54) is 32.1 Å². The van der Waals surface area contributed by atoms with Crippen molar-refractivity contribution in [2.45, 2.75) is 198 Å².